The maximum absolute atomic E-state index is 13.1. The molecule has 1 saturated carbocycles. The molecule has 3 aliphatic rings. The number of carbonyl (C=O) groups is 5. The highest BCUT2D eigenvalue weighted by Crippen LogP contribution is 2.47. The molecule has 13 heteroatoms. The van der Waals surface area contributed by atoms with Gasteiger partial charge in [-0.2, -0.15) is 0 Å². The maximum Gasteiger partial charge on any atom is 0.508 e. The van der Waals surface area contributed by atoms with Gasteiger partial charge in [-0.15, -0.1) is 0 Å². The summed E-state index contributed by atoms with van der Waals surface area (Å²) in [5.41, 5.74) is 0.558. The summed E-state index contributed by atoms with van der Waals surface area (Å²) in [5.74, 6) is -3.07. The minimum absolute atomic E-state index is 0.0556. The molecule has 1 fully saturated rings. The van der Waals surface area contributed by atoms with Crippen molar-refractivity contribution in [1.82, 2.24) is 5.32 Å². The van der Waals surface area contributed by atoms with Crippen molar-refractivity contribution in [2.24, 2.45) is 0 Å². The maximum atomic E-state index is 13.1. The van der Waals surface area contributed by atoms with Gasteiger partial charge in [0.1, 0.15) is 0 Å². The van der Waals surface area contributed by atoms with Crippen molar-refractivity contribution in [3.8, 4) is 11.5 Å². The Balaban J connectivity index is 1.91. The van der Waals surface area contributed by atoms with Crippen LogP contribution in [-0.2, 0) is 38.1 Å². The Hall–Kier alpha value is -4.03. The molecule has 0 radical (unpaired) electrons. The first-order valence-corrected chi connectivity index (χ1v) is 10.6. The van der Waals surface area contributed by atoms with Crippen LogP contribution in [0.3, 0.4) is 0 Å². The molecule has 188 valence electrons. The van der Waals surface area contributed by atoms with Crippen LogP contribution in [0.15, 0.2) is 12.1 Å². The molecule has 1 N–H and O–H groups in total. The van der Waals surface area contributed by atoms with Crippen molar-refractivity contribution in [2.75, 3.05) is 13.9 Å². The summed E-state index contributed by atoms with van der Waals surface area (Å²) >= 11 is 0. The van der Waals surface area contributed by atoms with E-state index in [1.807, 2.05) is 0 Å². The highest BCUT2D eigenvalue weighted by atomic mass is 16.7. The number of fused-ring (bicyclic) bond motifs is 4. The van der Waals surface area contributed by atoms with Crippen LogP contribution in [0.25, 0.3) is 0 Å². The molecule has 1 aromatic carbocycles. The number of ether oxygens (including phenoxy) is 7. The van der Waals surface area contributed by atoms with Gasteiger partial charge >= 0.3 is 24.1 Å². The molecule has 0 saturated heterocycles. The quantitative estimate of drug-likeness (QED) is 0.459. The lowest BCUT2D eigenvalue weighted by molar-refractivity contribution is -0.212. The molecule has 1 aromatic rings. The fraction of sp³-hybridized carbons (Fsp3) is 0.500. The Morgan fingerprint density at radius 3 is 1.94 bits per heavy atom. The Labute approximate surface area is 198 Å². The number of esters is 3. The van der Waals surface area contributed by atoms with Gasteiger partial charge in [-0.3, -0.25) is 19.2 Å². The van der Waals surface area contributed by atoms with Crippen LogP contribution in [0, 0.1) is 0 Å². The third-order valence-corrected chi connectivity index (χ3v) is 5.82. The molecule has 0 unspecified atom stereocenters. The standard InChI is InChI=1S/C22H23NO12/c1-8(24)32-17-15-11-5-13-14(31-7-30-13)6-12(11)21(27)23-16(15)18(35-22(28)29-4)20(34-10(3)26)19(17)33-9(2)25/h5-6,15-20H,7H2,1-4H3,(H,23,27)/t15-,16-,17-,18+,19+,20+/m1/s1. The van der Waals surface area contributed by atoms with Gasteiger partial charge < -0.3 is 38.5 Å². The molecule has 0 spiro atoms. The summed E-state index contributed by atoms with van der Waals surface area (Å²) in [6.45, 7) is 3.31. The molecule has 4 rings (SSSR count). The molecule has 1 amide bonds. The molecule has 6 atom stereocenters. The minimum atomic E-state index is -1.45. The van der Waals surface area contributed by atoms with Crippen molar-refractivity contribution in [2.45, 2.75) is 57.1 Å². The van der Waals surface area contributed by atoms with E-state index in [-0.39, 0.29) is 12.4 Å². The summed E-state index contributed by atoms with van der Waals surface area (Å²) in [7, 11) is 1.07. The number of hydrogen-bond acceptors (Lipinski definition) is 12. The number of methoxy groups -OCH3 is 1. The summed E-state index contributed by atoms with van der Waals surface area (Å²) in [6, 6.07) is 1.95. The number of carbonyl (C=O) groups excluding carboxylic acids is 5. The average Bonchev–Trinajstić information content (AvgIpc) is 3.23. The second kappa shape index (κ2) is 9.31. The van der Waals surface area contributed by atoms with E-state index < -0.39 is 66.3 Å². The van der Waals surface area contributed by atoms with E-state index in [1.54, 1.807) is 6.07 Å². The van der Waals surface area contributed by atoms with E-state index in [2.05, 4.69) is 10.1 Å². The summed E-state index contributed by atoms with van der Waals surface area (Å²) in [4.78, 5) is 61.3. The molecule has 35 heavy (non-hydrogen) atoms. The van der Waals surface area contributed by atoms with Gasteiger partial charge in [-0.1, -0.05) is 0 Å². The second-order valence-electron chi connectivity index (χ2n) is 8.08. The normalized spacial score (nSPS) is 27.9. The van der Waals surface area contributed by atoms with Gasteiger partial charge in [0.15, 0.2) is 35.9 Å². The Bertz CT molecular complexity index is 1080. The van der Waals surface area contributed by atoms with Crippen molar-refractivity contribution < 1.29 is 57.1 Å². The summed E-state index contributed by atoms with van der Waals surface area (Å²) in [5, 5.41) is 2.73. The first kappa shape index (κ1) is 24.1. The third kappa shape index (κ3) is 4.53. The van der Waals surface area contributed by atoms with Crippen LogP contribution in [0.4, 0.5) is 4.79 Å². The zero-order valence-electron chi connectivity index (χ0n) is 19.2. The SMILES string of the molecule is COC(=O)O[C@H]1[C@@H]2NC(=O)c3cc4c(cc3[C@H]2[C@@H](OC(C)=O)[C@H](OC(C)=O)[C@H]1OC(C)=O)OCO4. The fourth-order valence-corrected chi connectivity index (χ4v) is 4.68. The minimum Gasteiger partial charge on any atom is -0.458 e. The van der Waals surface area contributed by atoms with Crippen LogP contribution in [0.1, 0.15) is 42.6 Å². The number of benzene rings is 1. The van der Waals surface area contributed by atoms with Crippen LogP contribution >= 0.6 is 0 Å². The average molecular weight is 493 g/mol. The van der Waals surface area contributed by atoms with Crippen LogP contribution in [0.5, 0.6) is 11.5 Å². The van der Waals surface area contributed by atoms with Gasteiger partial charge in [-0.05, 0) is 17.7 Å². The molecule has 1 aliphatic carbocycles. The number of rotatable bonds is 4. The van der Waals surface area contributed by atoms with Crippen molar-refractivity contribution in [3.05, 3.63) is 23.3 Å². The molecule has 2 heterocycles. The number of hydrogen-bond donors (Lipinski definition) is 1. The van der Waals surface area contributed by atoms with E-state index in [4.69, 9.17) is 28.4 Å². The highest BCUT2D eigenvalue weighted by Gasteiger charge is 2.60. The monoisotopic (exact) mass is 493 g/mol. The Morgan fingerprint density at radius 1 is 0.829 bits per heavy atom. The Kier molecular flexibility index (Phi) is 6.41. The number of nitrogens with one attached hydrogen (secondary N) is 1. The van der Waals surface area contributed by atoms with Crippen molar-refractivity contribution >= 4 is 30.0 Å². The van der Waals surface area contributed by atoms with Gasteiger partial charge in [0.2, 0.25) is 6.79 Å². The largest absolute Gasteiger partial charge is 0.508 e. The topological polar surface area (TPSA) is 162 Å². The van der Waals surface area contributed by atoms with Crippen LogP contribution < -0.4 is 14.8 Å². The van der Waals surface area contributed by atoms with Crippen molar-refractivity contribution in [1.29, 1.82) is 0 Å². The molecular weight excluding hydrogens is 470 g/mol. The second-order valence-corrected chi connectivity index (χ2v) is 8.08. The summed E-state index contributed by atoms with van der Waals surface area (Å²) in [6.07, 6.45) is -6.61. The zero-order chi connectivity index (χ0) is 25.4. The van der Waals surface area contributed by atoms with Crippen molar-refractivity contribution in [3.63, 3.8) is 0 Å². The highest BCUT2D eigenvalue weighted by molar-refractivity contribution is 5.98. The van der Waals surface area contributed by atoms with Crippen LogP contribution in [-0.4, -0.2) is 74.3 Å². The zero-order valence-corrected chi connectivity index (χ0v) is 19.2. The Morgan fingerprint density at radius 2 is 1.37 bits per heavy atom. The van der Waals surface area contributed by atoms with E-state index >= 15 is 0 Å². The first-order valence-electron chi connectivity index (χ1n) is 10.6. The molecule has 0 aromatic heterocycles. The number of amides is 1. The first-order chi connectivity index (χ1) is 16.6. The van der Waals surface area contributed by atoms with Gasteiger partial charge in [0, 0.05) is 32.3 Å². The van der Waals surface area contributed by atoms with E-state index in [0.717, 1.165) is 27.9 Å². The van der Waals surface area contributed by atoms with Gasteiger partial charge in [0.05, 0.1) is 13.2 Å². The van der Waals surface area contributed by atoms with Crippen LogP contribution in [0.2, 0.25) is 0 Å². The molecule has 13 nitrogen and oxygen atoms in total. The fourth-order valence-electron chi connectivity index (χ4n) is 4.68. The lowest BCUT2D eigenvalue weighted by Crippen LogP contribution is -2.69. The lowest BCUT2D eigenvalue weighted by Gasteiger charge is -2.50. The smallest absolute Gasteiger partial charge is 0.458 e. The predicted molar refractivity (Wildman–Crippen MR) is 111 cm³/mol. The van der Waals surface area contributed by atoms with E-state index in [9.17, 15) is 24.0 Å². The predicted octanol–water partition coefficient (Wildman–Crippen LogP) is 0.571. The molecule has 0 bridgehead atoms. The summed E-state index contributed by atoms with van der Waals surface area (Å²) < 4.78 is 37.2. The van der Waals surface area contributed by atoms with E-state index in [0.29, 0.717) is 17.1 Å². The third-order valence-electron chi connectivity index (χ3n) is 5.82. The van der Waals surface area contributed by atoms with Gasteiger partial charge in [-0.25, -0.2) is 4.79 Å². The molecular formula is C22H23NO12. The van der Waals surface area contributed by atoms with Gasteiger partial charge in [0.25, 0.3) is 5.91 Å². The van der Waals surface area contributed by atoms with E-state index in [1.165, 1.54) is 6.07 Å². The molecule has 2 aliphatic heterocycles. The lowest BCUT2D eigenvalue weighted by atomic mass is 9.70.